The number of carbonyl (C=O) groups excluding carboxylic acids is 1. The van der Waals surface area contributed by atoms with Crippen molar-refractivity contribution in [3.05, 3.63) is 63.6 Å². The lowest BCUT2D eigenvalue weighted by molar-refractivity contribution is -0.136. The molecule has 0 aliphatic carbocycles. The number of aromatic nitrogens is 2. The molecule has 2 fully saturated rings. The quantitative estimate of drug-likeness (QED) is 0.823. The second kappa shape index (κ2) is 8.04. The summed E-state index contributed by atoms with van der Waals surface area (Å²) in [5.41, 5.74) is 1.40. The highest BCUT2D eigenvalue weighted by Crippen LogP contribution is 2.45. The summed E-state index contributed by atoms with van der Waals surface area (Å²) >= 11 is 0. The SMILES string of the molecule is COCC(=O)N1C[C@H]2CN(Cc3cc(=O)[nH]c(C)n3)C[C@H]2[C@@H]1c1cccc(F)c1. The molecule has 0 bridgehead atoms. The molecule has 1 N–H and O–H groups in total. The van der Waals surface area contributed by atoms with Gasteiger partial charge in [-0.2, -0.15) is 0 Å². The molecule has 2 aliphatic rings. The van der Waals surface area contributed by atoms with Gasteiger partial charge in [-0.3, -0.25) is 14.5 Å². The fraction of sp³-hybridized carbons (Fsp3) is 0.476. The van der Waals surface area contributed by atoms with Crippen LogP contribution in [0.25, 0.3) is 0 Å². The first-order chi connectivity index (χ1) is 13.9. The van der Waals surface area contributed by atoms with Gasteiger partial charge < -0.3 is 14.6 Å². The zero-order valence-corrected chi connectivity index (χ0v) is 16.6. The van der Waals surface area contributed by atoms with Crippen molar-refractivity contribution >= 4 is 5.91 Å². The van der Waals surface area contributed by atoms with Gasteiger partial charge in [0.25, 0.3) is 5.56 Å². The van der Waals surface area contributed by atoms with Crippen molar-refractivity contribution in [2.75, 3.05) is 33.4 Å². The topological polar surface area (TPSA) is 78.5 Å². The molecular weight excluding hydrogens is 375 g/mol. The second-order valence-electron chi connectivity index (χ2n) is 7.92. The van der Waals surface area contributed by atoms with Crippen LogP contribution in [0.2, 0.25) is 0 Å². The number of benzene rings is 1. The number of amides is 1. The molecule has 7 nitrogen and oxygen atoms in total. The zero-order valence-electron chi connectivity index (χ0n) is 16.6. The molecule has 0 unspecified atom stereocenters. The summed E-state index contributed by atoms with van der Waals surface area (Å²) < 4.78 is 19.0. The molecule has 2 saturated heterocycles. The van der Waals surface area contributed by atoms with Crippen LogP contribution in [0.3, 0.4) is 0 Å². The predicted octanol–water partition coefficient (Wildman–Crippen LogP) is 1.50. The van der Waals surface area contributed by atoms with Gasteiger partial charge in [0.15, 0.2) is 0 Å². The lowest BCUT2D eigenvalue weighted by atomic mass is 9.89. The number of nitrogens with zero attached hydrogens (tertiary/aromatic N) is 3. The summed E-state index contributed by atoms with van der Waals surface area (Å²) in [6, 6.07) is 7.85. The van der Waals surface area contributed by atoms with E-state index in [0.717, 1.165) is 24.3 Å². The number of methoxy groups -OCH3 is 1. The molecular formula is C21H25FN4O3. The van der Waals surface area contributed by atoms with Gasteiger partial charge in [-0.05, 0) is 30.5 Å². The molecule has 4 rings (SSSR count). The number of nitrogens with one attached hydrogen (secondary N) is 1. The van der Waals surface area contributed by atoms with E-state index in [9.17, 15) is 14.0 Å². The number of fused-ring (bicyclic) bond motifs is 1. The average molecular weight is 400 g/mol. The van der Waals surface area contributed by atoms with Crippen LogP contribution in [-0.2, 0) is 16.1 Å². The van der Waals surface area contributed by atoms with Crippen LogP contribution in [0.1, 0.15) is 23.1 Å². The summed E-state index contributed by atoms with van der Waals surface area (Å²) in [6.45, 7) is 4.55. The van der Waals surface area contributed by atoms with Crippen molar-refractivity contribution in [3.8, 4) is 0 Å². The maximum atomic E-state index is 13.9. The Labute approximate surface area is 168 Å². The molecule has 154 valence electrons. The average Bonchev–Trinajstić information content (AvgIpc) is 3.18. The second-order valence-corrected chi connectivity index (χ2v) is 7.92. The molecule has 29 heavy (non-hydrogen) atoms. The number of halogens is 1. The van der Waals surface area contributed by atoms with Crippen molar-refractivity contribution < 1.29 is 13.9 Å². The van der Waals surface area contributed by atoms with E-state index in [2.05, 4.69) is 14.9 Å². The first-order valence-corrected chi connectivity index (χ1v) is 9.77. The number of aryl methyl sites for hydroxylation is 1. The molecule has 2 aliphatic heterocycles. The number of likely N-dealkylation sites (tertiary alicyclic amines) is 2. The first-order valence-electron chi connectivity index (χ1n) is 9.77. The maximum absolute atomic E-state index is 13.9. The normalized spacial score (nSPS) is 24.1. The van der Waals surface area contributed by atoms with Gasteiger partial charge in [-0.15, -0.1) is 0 Å². The maximum Gasteiger partial charge on any atom is 0.251 e. The number of aromatic amines is 1. The number of H-pyrrole nitrogens is 1. The largest absolute Gasteiger partial charge is 0.375 e. The summed E-state index contributed by atoms with van der Waals surface area (Å²) in [7, 11) is 1.50. The van der Waals surface area contributed by atoms with Crippen molar-refractivity contribution in [1.29, 1.82) is 0 Å². The Hall–Kier alpha value is -2.58. The van der Waals surface area contributed by atoms with Crippen LogP contribution in [0.15, 0.2) is 35.1 Å². The van der Waals surface area contributed by atoms with Gasteiger partial charge in [0.05, 0.1) is 11.7 Å². The van der Waals surface area contributed by atoms with Gasteiger partial charge in [-0.1, -0.05) is 12.1 Å². The van der Waals surface area contributed by atoms with E-state index in [0.29, 0.717) is 18.9 Å². The van der Waals surface area contributed by atoms with E-state index < -0.39 is 0 Å². The van der Waals surface area contributed by atoms with Gasteiger partial charge in [0.2, 0.25) is 5.91 Å². The molecule has 1 aromatic carbocycles. The van der Waals surface area contributed by atoms with E-state index in [1.54, 1.807) is 13.0 Å². The molecule has 3 atom stereocenters. The summed E-state index contributed by atoms with van der Waals surface area (Å²) in [5.74, 6) is 0.700. The molecule has 1 amide bonds. The van der Waals surface area contributed by atoms with Gasteiger partial charge in [0.1, 0.15) is 18.2 Å². The lowest BCUT2D eigenvalue weighted by Crippen LogP contribution is -2.37. The Balaban J connectivity index is 1.56. The van der Waals surface area contributed by atoms with Gasteiger partial charge in [-0.25, -0.2) is 9.37 Å². The molecule has 0 saturated carbocycles. The summed E-state index contributed by atoms with van der Waals surface area (Å²) in [4.78, 5) is 35.5. The molecule has 0 spiro atoms. The fourth-order valence-corrected chi connectivity index (χ4v) is 4.80. The fourth-order valence-electron chi connectivity index (χ4n) is 4.80. The Kier molecular flexibility index (Phi) is 5.47. The molecule has 8 heteroatoms. The minimum absolute atomic E-state index is 0.0188. The third-order valence-corrected chi connectivity index (χ3v) is 5.82. The van der Waals surface area contributed by atoms with E-state index >= 15 is 0 Å². The van der Waals surface area contributed by atoms with Gasteiger partial charge in [0, 0.05) is 45.3 Å². The third kappa shape index (κ3) is 4.09. The number of hydrogen-bond donors (Lipinski definition) is 1. The molecule has 1 aromatic heterocycles. The molecule has 3 heterocycles. The molecule has 0 radical (unpaired) electrons. The monoisotopic (exact) mass is 400 g/mol. The number of rotatable bonds is 5. The number of ether oxygens (including phenoxy) is 1. The van der Waals surface area contributed by atoms with Crippen LogP contribution in [0, 0.1) is 24.6 Å². The Morgan fingerprint density at radius 3 is 2.86 bits per heavy atom. The lowest BCUT2D eigenvalue weighted by Gasteiger charge is -2.30. The Bertz CT molecular complexity index is 963. The highest BCUT2D eigenvalue weighted by atomic mass is 19.1. The first kappa shape index (κ1) is 19.7. The Morgan fingerprint density at radius 1 is 1.31 bits per heavy atom. The zero-order chi connectivity index (χ0) is 20.5. The summed E-state index contributed by atoms with van der Waals surface area (Å²) in [5, 5.41) is 0. The standard InChI is InChI=1S/C21H25FN4O3/c1-13-23-17(7-19(27)24-13)10-25-8-15-9-26(20(28)12-29-2)21(18(15)11-25)14-4-3-5-16(22)6-14/h3-7,15,18,21H,8-12H2,1-2H3,(H,23,24,27)/t15-,18-,21+/m1/s1. The highest BCUT2D eigenvalue weighted by Gasteiger charge is 2.49. The number of carbonyl (C=O) groups is 1. The highest BCUT2D eigenvalue weighted by molar-refractivity contribution is 5.78. The van der Waals surface area contributed by atoms with Crippen molar-refractivity contribution in [1.82, 2.24) is 19.8 Å². The third-order valence-electron chi connectivity index (χ3n) is 5.82. The van der Waals surface area contributed by atoms with Crippen LogP contribution >= 0.6 is 0 Å². The smallest absolute Gasteiger partial charge is 0.251 e. The van der Waals surface area contributed by atoms with Gasteiger partial charge >= 0.3 is 0 Å². The van der Waals surface area contributed by atoms with Crippen LogP contribution in [-0.4, -0.2) is 59.0 Å². The predicted molar refractivity (Wildman–Crippen MR) is 105 cm³/mol. The minimum Gasteiger partial charge on any atom is -0.375 e. The van der Waals surface area contributed by atoms with Crippen LogP contribution < -0.4 is 5.56 Å². The number of hydrogen-bond acceptors (Lipinski definition) is 5. The Morgan fingerprint density at radius 2 is 2.14 bits per heavy atom. The summed E-state index contributed by atoms with van der Waals surface area (Å²) in [6.07, 6.45) is 0. The molecule has 2 aromatic rings. The van der Waals surface area contributed by atoms with E-state index in [4.69, 9.17) is 4.74 Å². The van der Waals surface area contributed by atoms with Crippen molar-refractivity contribution in [2.45, 2.75) is 19.5 Å². The van der Waals surface area contributed by atoms with E-state index in [1.807, 2.05) is 11.0 Å². The minimum atomic E-state index is -0.303. The van der Waals surface area contributed by atoms with E-state index in [1.165, 1.54) is 25.3 Å². The van der Waals surface area contributed by atoms with Crippen LogP contribution in [0.5, 0.6) is 0 Å². The van der Waals surface area contributed by atoms with Crippen LogP contribution in [0.4, 0.5) is 4.39 Å². The van der Waals surface area contributed by atoms with Crippen molar-refractivity contribution in [3.63, 3.8) is 0 Å². The van der Waals surface area contributed by atoms with Crippen molar-refractivity contribution in [2.24, 2.45) is 11.8 Å². The van der Waals surface area contributed by atoms with E-state index in [-0.39, 0.29) is 41.8 Å².